The van der Waals surface area contributed by atoms with Gasteiger partial charge in [-0.3, -0.25) is 13.9 Å². The Balaban J connectivity index is 2.39. The molecule has 0 aliphatic heterocycles. The Hall–Kier alpha value is -1.56. The van der Waals surface area contributed by atoms with Gasteiger partial charge in [-0.1, -0.05) is 43.1 Å². The van der Waals surface area contributed by atoms with E-state index in [1.54, 1.807) is 49.4 Å². The smallest absolute Gasteiger partial charge is 0.244 e. The van der Waals surface area contributed by atoms with E-state index in [9.17, 15) is 18.0 Å². The lowest BCUT2D eigenvalue weighted by Gasteiger charge is -2.32. The zero-order valence-electron chi connectivity index (χ0n) is 19.4. The summed E-state index contributed by atoms with van der Waals surface area (Å²) in [5.41, 5.74) is 0.945. The van der Waals surface area contributed by atoms with Crippen molar-refractivity contribution in [2.75, 3.05) is 23.7 Å². The Bertz CT molecular complexity index is 1130. The first-order valence-corrected chi connectivity index (χ1v) is 14.2. The molecule has 0 saturated heterocycles. The number of nitrogens with zero attached hydrogens (tertiary/aromatic N) is 2. The second-order valence-corrected chi connectivity index (χ2v) is 12.3. The van der Waals surface area contributed by atoms with Crippen LogP contribution in [-0.4, -0.2) is 50.5 Å². The third kappa shape index (κ3) is 8.28. The minimum atomic E-state index is -3.77. The molecule has 7 nitrogen and oxygen atoms in total. The minimum Gasteiger partial charge on any atom is -0.354 e. The maximum absolute atomic E-state index is 13.5. The molecule has 0 aliphatic carbocycles. The van der Waals surface area contributed by atoms with Crippen LogP contribution in [-0.2, 0) is 26.2 Å². The zero-order chi connectivity index (χ0) is 25.6. The van der Waals surface area contributed by atoms with Crippen molar-refractivity contribution < 1.29 is 18.0 Å². The Morgan fingerprint density at radius 2 is 1.68 bits per heavy atom. The van der Waals surface area contributed by atoms with Crippen molar-refractivity contribution in [3.8, 4) is 0 Å². The number of carbonyl (C=O) groups is 2. The molecule has 0 heterocycles. The van der Waals surface area contributed by atoms with Crippen LogP contribution in [0.5, 0.6) is 0 Å². The van der Waals surface area contributed by atoms with Crippen molar-refractivity contribution in [2.24, 2.45) is 5.92 Å². The molecule has 1 N–H and O–H groups in total. The van der Waals surface area contributed by atoms with Gasteiger partial charge >= 0.3 is 0 Å². The average Bonchev–Trinajstić information content (AvgIpc) is 2.74. The number of hydrogen-bond acceptors (Lipinski definition) is 4. The van der Waals surface area contributed by atoms with Gasteiger partial charge in [-0.25, -0.2) is 8.42 Å². The van der Waals surface area contributed by atoms with Crippen LogP contribution >= 0.6 is 45.8 Å². The van der Waals surface area contributed by atoms with Gasteiger partial charge in [0.2, 0.25) is 21.8 Å². The van der Waals surface area contributed by atoms with Crippen LogP contribution < -0.4 is 9.62 Å². The molecule has 0 radical (unpaired) electrons. The molecule has 186 valence electrons. The number of amides is 2. The number of benzene rings is 2. The van der Waals surface area contributed by atoms with Gasteiger partial charge in [-0.05, 0) is 77.4 Å². The van der Waals surface area contributed by atoms with Crippen LogP contribution in [0.25, 0.3) is 0 Å². The Kier molecular flexibility index (Phi) is 10.5. The first-order valence-electron chi connectivity index (χ1n) is 10.5. The van der Waals surface area contributed by atoms with Gasteiger partial charge in [0.15, 0.2) is 0 Å². The van der Waals surface area contributed by atoms with E-state index in [1.807, 2.05) is 13.8 Å². The molecule has 0 saturated carbocycles. The lowest BCUT2D eigenvalue weighted by molar-refractivity contribution is -0.139. The number of sulfonamides is 1. The normalized spacial score (nSPS) is 12.4. The van der Waals surface area contributed by atoms with Gasteiger partial charge in [-0.2, -0.15) is 0 Å². The standard InChI is InChI=1S/C23H28Cl2IN3O4S/c1-15(2)12-27-23(31)16(3)28(13-17-5-6-18(24)11-21(17)25)22(30)14-29(34(4,32)33)20-9-7-19(26)8-10-20/h5-11,15-16H,12-14H2,1-4H3,(H,27,31)/t16-/m0/s1. The second kappa shape index (κ2) is 12.4. The number of rotatable bonds is 10. The number of nitrogens with one attached hydrogen (secondary N) is 1. The molecule has 2 aromatic carbocycles. The molecule has 0 spiro atoms. The second-order valence-electron chi connectivity index (χ2n) is 8.32. The molecule has 11 heteroatoms. The highest BCUT2D eigenvalue weighted by Gasteiger charge is 2.30. The predicted octanol–water partition coefficient (Wildman–Crippen LogP) is 4.55. The summed E-state index contributed by atoms with van der Waals surface area (Å²) < 4.78 is 27.0. The fourth-order valence-corrected chi connectivity index (χ4v) is 4.77. The monoisotopic (exact) mass is 639 g/mol. The molecule has 1 atom stereocenters. The van der Waals surface area contributed by atoms with Crippen molar-refractivity contribution in [3.63, 3.8) is 0 Å². The van der Waals surface area contributed by atoms with Crippen molar-refractivity contribution in [1.29, 1.82) is 0 Å². The van der Waals surface area contributed by atoms with Gasteiger partial charge in [0.25, 0.3) is 0 Å². The largest absolute Gasteiger partial charge is 0.354 e. The van der Waals surface area contributed by atoms with Crippen molar-refractivity contribution >= 4 is 73.3 Å². The summed E-state index contributed by atoms with van der Waals surface area (Å²) in [6.07, 6.45) is 1.04. The summed E-state index contributed by atoms with van der Waals surface area (Å²) in [4.78, 5) is 27.6. The van der Waals surface area contributed by atoms with E-state index in [0.717, 1.165) is 14.1 Å². The third-order valence-electron chi connectivity index (χ3n) is 5.00. The topological polar surface area (TPSA) is 86.8 Å². The predicted molar refractivity (Wildman–Crippen MR) is 146 cm³/mol. The Morgan fingerprint density at radius 1 is 1.06 bits per heavy atom. The molecular formula is C23H28Cl2IN3O4S. The molecule has 2 rings (SSSR count). The van der Waals surface area contributed by atoms with E-state index in [4.69, 9.17) is 23.2 Å². The highest BCUT2D eigenvalue weighted by Crippen LogP contribution is 2.24. The molecule has 2 aromatic rings. The van der Waals surface area contributed by atoms with E-state index >= 15 is 0 Å². The third-order valence-corrected chi connectivity index (χ3v) is 7.45. The van der Waals surface area contributed by atoms with Gasteiger partial charge in [0.1, 0.15) is 12.6 Å². The number of anilines is 1. The molecule has 0 aliphatic rings. The summed E-state index contributed by atoms with van der Waals surface area (Å²) >= 11 is 14.4. The number of halogens is 3. The van der Waals surface area contributed by atoms with Crippen molar-refractivity contribution in [1.82, 2.24) is 10.2 Å². The summed E-state index contributed by atoms with van der Waals surface area (Å²) in [6, 6.07) is 10.8. The molecule has 0 unspecified atom stereocenters. The lowest BCUT2D eigenvalue weighted by Crippen LogP contribution is -2.51. The van der Waals surface area contributed by atoms with Crippen LogP contribution in [0.1, 0.15) is 26.3 Å². The van der Waals surface area contributed by atoms with Crippen LogP contribution in [0.15, 0.2) is 42.5 Å². The minimum absolute atomic E-state index is 0.00932. The van der Waals surface area contributed by atoms with Gasteiger partial charge in [0, 0.05) is 26.7 Å². The SMILES string of the molecule is CC(C)CNC(=O)[C@H](C)N(Cc1ccc(Cl)cc1Cl)C(=O)CN(c1ccc(I)cc1)S(C)(=O)=O. The number of hydrogen-bond donors (Lipinski definition) is 1. The van der Waals surface area contributed by atoms with Crippen molar-refractivity contribution in [3.05, 3.63) is 61.6 Å². The Morgan fingerprint density at radius 3 is 2.21 bits per heavy atom. The molecule has 0 fully saturated rings. The van der Waals surface area contributed by atoms with E-state index in [0.29, 0.717) is 27.8 Å². The maximum atomic E-state index is 13.5. The lowest BCUT2D eigenvalue weighted by atomic mass is 10.1. The maximum Gasteiger partial charge on any atom is 0.244 e. The first kappa shape index (κ1) is 28.7. The summed E-state index contributed by atoms with van der Waals surface area (Å²) in [5, 5.41) is 3.61. The quantitative estimate of drug-likeness (QED) is 0.387. The highest BCUT2D eigenvalue weighted by atomic mass is 127. The highest BCUT2D eigenvalue weighted by molar-refractivity contribution is 14.1. The molecule has 2 amide bonds. The van der Waals surface area contributed by atoms with Crippen LogP contribution in [0, 0.1) is 9.49 Å². The van der Waals surface area contributed by atoms with E-state index in [1.165, 1.54) is 4.90 Å². The molecule has 0 aromatic heterocycles. The van der Waals surface area contributed by atoms with Crippen molar-refractivity contribution in [2.45, 2.75) is 33.4 Å². The molecular weight excluding hydrogens is 612 g/mol. The number of carbonyl (C=O) groups excluding carboxylic acids is 2. The van der Waals surface area contributed by atoms with Gasteiger partial charge in [0.05, 0.1) is 11.9 Å². The molecule has 34 heavy (non-hydrogen) atoms. The first-order chi connectivity index (χ1) is 15.8. The van der Waals surface area contributed by atoms with Crippen LogP contribution in [0.3, 0.4) is 0 Å². The summed E-state index contributed by atoms with van der Waals surface area (Å²) in [5.74, 6) is -0.651. The van der Waals surface area contributed by atoms with E-state index in [2.05, 4.69) is 27.9 Å². The zero-order valence-corrected chi connectivity index (χ0v) is 23.9. The summed E-state index contributed by atoms with van der Waals surface area (Å²) in [7, 11) is -3.77. The fourth-order valence-electron chi connectivity index (χ4n) is 3.09. The Labute approximate surface area is 225 Å². The fraction of sp³-hybridized carbons (Fsp3) is 0.391. The van der Waals surface area contributed by atoms with Crippen LogP contribution in [0.2, 0.25) is 10.0 Å². The molecule has 0 bridgehead atoms. The van der Waals surface area contributed by atoms with Crippen LogP contribution in [0.4, 0.5) is 5.69 Å². The van der Waals surface area contributed by atoms with Gasteiger partial charge < -0.3 is 10.2 Å². The van der Waals surface area contributed by atoms with E-state index in [-0.39, 0.29) is 18.4 Å². The average molecular weight is 640 g/mol. The van der Waals surface area contributed by atoms with Gasteiger partial charge in [-0.15, -0.1) is 0 Å². The van der Waals surface area contributed by atoms with E-state index < -0.39 is 28.5 Å². The summed E-state index contributed by atoms with van der Waals surface area (Å²) in [6.45, 7) is 5.53.